The summed E-state index contributed by atoms with van der Waals surface area (Å²) < 4.78 is 12.0. The maximum absolute atomic E-state index is 8.72. The lowest BCUT2D eigenvalue weighted by atomic mass is 10.2. The summed E-state index contributed by atoms with van der Waals surface area (Å²) in [5, 5.41) is 8.72. The highest BCUT2D eigenvalue weighted by Crippen LogP contribution is 2.32. The minimum Gasteiger partial charge on any atom is -0.493 e. The normalized spacial score (nSPS) is 9.61. The Bertz CT molecular complexity index is 588. The van der Waals surface area contributed by atoms with Crippen LogP contribution in [0, 0.1) is 14.9 Å². The van der Waals surface area contributed by atoms with E-state index in [1.165, 1.54) is 0 Å². The van der Waals surface area contributed by atoms with Crippen molar-refractivity contribution in [3.63, 3.8) is 0 Å². The van der Waals surface area contributed by atoms with Crippen molar-refractivity contribution in [1.29, 1.82) is 5.26 Å². The zero-order valence-corrected chi connectivity index (χ0v) is 11.8. The van der Waals surface area contributed by atoms with E-state index in [0.29, 0.717) is 22.8 Å². The highest BCUT2D eigenvalue weighted by Gasteiger charge is 2.06. The third-order valence-electron chi connectivity index (χ3n) is 2.34. The van der Waals surface area contributed by atoms with Crippen molar-refractivity contribution in [3.8, 4) is 23.3 Å². The molecule has 2 aromatic carbocycles. The van der Waals surface area contributed by atoms with E-state index in [4.69, 9.17) is 14.7 Å². The fourth-order valence-corrected chi connectivity index (χ4v) is 1.92. The van der Waals surface area contributed by atoms with Crippen LogP contribution in [0.5, 0.6) is 17.2 Å². The smallest absolute Gasteiger partial charge is 0.170 e. The van der Waals surface area contributed by atoms with Crippen LogP contribution in [0.4, 0.5) is 0 Å². The first-order chi connectivity index (χ1) is 8.72. The molecule has 90 valence electrons. The molecule has 0 saturated heterocycles. The molecule has 0 fully saturated rings. The van der Waals surface area contributed by atoms with Gasteiger partial charge in [0.1, 0.15) is 5.75 Å². The summed E-state index contributed by atoms with van der Waals surface area (Å²) in [6.07, 6.45) is 0. The number of nitriles is 1. The molecule has 0 unspecified atom stereocenters. The molecule has 0 radical (unpaired) electrons. The van der Waals surface area contributed by atoms with Gasteiger partial charge in [-0.3, -0.25) is 0 Å². The molecule has 2 aromatic rings. The van der Waals surface area contributed by atoms with Gasteiger partial charge < -0.3 is 9.47 Å². The van der Waals surface area contributed by atoms with E-state index in [2.05, 4.69) is 28.7 Å². The molecule has 0 aliphatic carbocycles. The van der Waals surface area contributed by atoms with E-state index in [9.17, 15) is 0 Å². The van der Waals surface area contributed by atoms with Crippen LogP contribution in [0.15, 0.2) is 42.5 Å². The first kappa shape index (κ1) is 12.7. The van der Waals surface area contributed by atoms with Gasteiger partial charge in [-0.1, -0.05) is 0 Å². The topological polar surface area (TPSA) is 42.2 Å². The Morgan fingerprint density at radius 2 is 1.78 bits per heavy atom. The van der Waals surface area contributed by atoms with E-state index in [1.54, 1.807) is 31.4 Å². The second kappa shape index (κ2) is 5.74. The standard InChI is InChI=1S/C14H10INO2/c1-17-13-7-4-11(15)8-14(13)18-12-5-2-10(9-16)3-6-12/h2-8H,1H3. The minimum absolute atomic E-state index is 0.608. The van der Waals surface area contributed by atoms with Crippen LogP contribution in [-0.2, 0) is 0 Å². The Balaban J connectivity index is 2.27. The minimum atomic E-state index is 0.608. The van der Waals surface area contributed by atoms with Crippen LogP contribution < -0.4 is 9.47 Å². The van der Waals surface area contributed by atoms with Gasteiger partial charge in [0.25, 0.3) is 0 Å². The fraction of sp³-hybridized carbons (Fsp3) is 0.0714. The van der Waals surface area contributed by atoms with Gasteiger partial charge in [-0.05, 0) is 65.1 Å². The van der Waals surface area contributed by atoms with Gasteiger partial charge in [0.15, 0.2) is 11.5 Å². The van der Waals surface area contributed by atoms with Gasteiger partial charge in [-0.25, -0.2) is 0 Å². The van der Waals surface area contributed by atoms with E-state index in [0.717, 1.165) is 3.57 Å². The van der Waals surface area contributed by atoms with Crippen molar-refractivity contribution in [2.24, 2.45) is 0 Å². The largest absolute Gasteiger partial charge is 0.493 e. The summed E-state index contributed by atoms with van der Waals surface area (Å²) in [6, 6.07) is 14.7. The highest BCUT2D eigenvalue weighted by atomic mass is 127. The van der Waals surface area contributed by atoms with Crippen molar-refractivity contribution in [2.75, 3.05) is 7.11 Å². The second-order valence-corrected chi connectivity index (χ2v) is 4.78. The summed E-state index contributed by atoms with van der Waals surface area (Å²) in [5.41, 5.74) is 0.608. The molecule has 0 atom stereocenters. The van der Waals surface area contributed by atoms with Gasteiger partial charge in [0.05, 0.1) is 18.7 Å². The first-order valence-corrected chi connectivity index (χ1v) is 6.32. The molecule has 0 amide bonds. The van der Waals surface area contributed by atoms with Gasteiger partial charge in [-0.2, -0.15) is 5.26 Å². The molecule has 4 heteroatoms. The summed E-state index contributed by atoms with van der Waals surface area (Å²) in [7, 11) is 1.60. The van der Waals surface area contributed by atoms with Crippen LogP contribution in [0.3, 0.4) is 0 Å². The molecule has 18 heavy (non-hydrogen) atoms. The Morgan fingerprint density at radius 1 is 1.06 bits per heavy atom. The summed E-state index contributed by atoms with van der Waals surface area (Å²) in [6.45, 7) is 0. The predicted molar refractivity (Wildman–Crippen MR) is 76.9 cm³/mol. The molecule has 0 bridgehead atoms. The molecular weight excluding hydrogens is 341 g/mol. The summed E-state index contributed by atoms with van der Waals surface area (Å²) in [4.78, 5) is 0. The molecule has 0 saturated carbocycles. The van der Waals surface area contributed by atoms with Crippen LogP contribution in [0.1, 0.15) is 5.56 Å². The first-order valence-electron chi connectivity index (χ1n) is 5.24. The van der Waals surface area contributed by atoms with Crippen LogP contribution in [0.2, 0.25) is 0 Å². The monoisotopic (exact) mass is 351 g/mol. The number of hydrogen-bond acceptors (Lipinski definition) is 3. The molecular formula is C14H10INO2. The molecule has 0 spiro atoms. The molecule has 0 aliphatic heterocycles. The summed E-state index contributed by atoms with van der Waals surface area (Å²) >= 11 is 2.21. The molecule has 2 rings (SSSR count). The maximum Gasteiger partial charge on any atom is 0.170 e. The Morgan fingerprint density at radius 3 is 2.39 bits per heavy atom. The van der Waals surface area contributed by atoms with Gasteiger partial charge in [0.2, 0.25) is 0 Å². The van der Waals surface area contributed by atoms with E-state index in [-0.39, 0.29) is 0 Å². The molecule has 0 N–H and O–H groups in total. The second-order valence-electron chi connectivity index (χ2n) is 3.53. The van der Waals surface area contributed by atoms with Crippen molar-refractivity contribution in [1.82, 2.24) is 0 Å². The van der Waals surface area contributed by atoms with Crippen LogP contribution in [-0.4, -0.2) is 7.11 Å². The lowest BCUT2D eigenvalue weighted by Gasteiger charge is -2.10. The van der Waals surface area contributed by atoms with Gasteiger partial charge >= 0.3 is 0 Å². The number of rotatable bonds is 3. The number of hydrogen-bond donors (Lipinski definition) is 0. The van der Waals surface area contributed by atoms with E-state index < -0.39 is 0 Å². The number of benzene rings is 2. The molecule has 0 heterocycles. The van der Waals surface area contributed by atoms with Crippen molar-refractivity contribution in [2.45, 2.75) is 0 Å². The molecule has 0 aromatic heterocycles. The molecule has 3 nitrogen and oxygen atoms in total. The number of ether oxygens (including phenoxy) is 2. The lowest BCUT2D eigenvalue weighted by Crippen LogP contribution is -1.91. The van der Waals surface area contributed by atoms with Crippen LogP contribution >= 0.6 is 22.6 Å². The highest BCUT2D eigenvalue weighted by molar-refractivity contribution is 14.1. The predicted octanol–water partition coefficient (Wildman–Crippen LogP) is 3.96. The third-order valence-corrected chi connectivity index (χ3v) is 3.01. The van der Waals surface area contributed by atoms with Crippen molar-refractivity contribution >= 4 is 22.6 Å². The van der Waals surface area contributed by atoms with Crippen LogP contribution in [0.25, 0.3) is 0 Å². The van der Waals surface area contributed by atoms with Crippen molar-refractivity contribution in [3.05, 3.63) is 51.6 Å². The Kier molecular flexibility index (Phi) is 4.05. The zero-order chi connectivity index (χ0) is 13.0. The van der Waals surface area contributed by atoms with Gasteiger partial charge in [-0.15, -0.1) is 0 Å². The Hall–Kier alpha value is -1.74. The third kappa shape index (κ3) is 2.93. The lowest BCUT2D eigenvalue weighted by molar-refractivity contribution is 0.378. The van der Waals surface area contributed by atoms with Gasteiger partial charge in [0, 0.05) is 3.57 Å². The quantitative estimate of drug-likeness (QED) is 0.786. The number of nitrogens with zero attached hydrogens (tertiary/aromatic N) is 1. The SMILES string of the molecule is COc1ccc(I)cc1Oc1ccc(C#N)cc1. The average Bonchev–Trinajstić information content (AvgIpc) is 2.40. The zero-order valence-electron chi connectivity index (χ0n) is 9.68. The Labute approximate surface area is 119 Å². The number of halogens is 1. The van der Waals surface area contributed by atoms with E-state index >= 15 is 0 Å². The maximum atomic E-state index is 8.72. The molecule has 0 aliphatic rings. The summed E-state index contributed by atoms with van der Waals surface area (Å²) in [5.74, 6) is 2.02. The average molecular weight is 351 g/mol. The van der Waals surface area contributed by atoms with E-state index in [1.807, 2.05) is 18.2 Å². The number of methoxy groups -OCH3 is 1. The van der Waals surface area contributed by atoms with Crippen molar-refractivity contribution < 1.29 is 9.47 Å². The fourth-order valence-electron chi connectivity index (χ4n) is 1.45.